The van der Waals surface area contributed by atoms with Gasteiger partial charge in [-0.25, -0.2) is 0 Å². The smallest absolute Gasteiger partial charge is 0.195 e. The average molecular weight is 544 g/mol. The van der Waals surface area contributed by atoms with Crippen molar-refractivity contribution in [3.05, 3.63) is 77.9 Å². The van der Waals surface area contributed by atoms with Gasteiger partial charge in [0.1, 0.15) is 17.2 Å². The summed E-state index contributed by atoms with van der Waals surface area (Å²) >= 11 is 1.46. The largest absolute Gasteiger partial charge is 0.508 e. The maximum absolute atomic E-state index is 13.8. The molecule has 0 radical (unpaired) electrons. The number of carbonyl (C=O) groups is 1. The summed E-state index contributed by atoms with van der Waals surface area (Å²) < 4.78 is 7.00. The Morgan fingerprint density at radius 2 is 1.74 bits per heavy atom. The maximum atomic E-state index is 13.8. The lowest BCUT2D eigenvalue weighted by atomic mass is 9.97. The first-order valence-corrected chi connectivity index (χ1v) is 14.9. The maximum Gasteiger partial charge on any atom is 0.195 e. The number of phenols is 2. The SMILES string of the molecule is CCCCCCN1CCCC(COc2ccc(C(=O)c3c(-c4ccc(O)cc4)sc4cc(O)ccc34)cc2)C1. The number of hydrogen-bond donors (Lipinski definition) is 2. The molecule has 204 valence electrons. The summed E-state index contributed by atoms with van der Waals surface area (Å²) in [6.45, 7) is 6.44. The molecule has 5 rings (SSSR count). The summed E-state index contributed by atoms with van der Waals surface area (Å²) in [6, 6.07) is 19.4. The molecule has 2 heterocycles. The Bertz CT molecular complexity index is 1390. The van der Waals surface area contributed by atoms with Crippen molar-refractivity contribution in [3.63, 3.8) is 0 Å². The fourth-order valence-electron chi connectivity index (χ4n) is 5.44. The van der Waals surface area contributed by atoms with Gasteiger partial charge >= 0.3 is 0 Å². The second-order valence-corrected chi connectivity index (χ2v) is 11.6. The number of carbonyl (C=O) groups excluding carboxylic acids is 1. The van der Waals surface area contributed by atoms with Crippen LogP contribution in [0.4, 0.5) is 0 Å². The standard InChI is InChI=1S/C33H37NO4S/c1-2-3-4-5-18-34-19-6-7-23(21-34)22-38-28-15-10-24(11-16-28)32(37)31-29-17-14-27(36)20-30(29)39-33(31)25-8-12-26(35)13-9-25/h8-17,20,23,35-36H,2-7,18-19,21-22H2,1H3. The van der Waals surface area contributed by atoms with Crippen LogP contribution in [-0.4, -0.2) is 47.1 Å². The van der Waals surface area contributed by atoms with E-state index < -0.39 is 0 Å². The predicted octanol–water partition coefficient (Wildman–Crippen LogP) is 7.88. The number of benzene rings is 3. The Labute approximate surface area is 234 Å². The van der Waals surface area contributed by atoms with E-state index in [1.807, 2.05) is 36.4 Å². The first-order valence-electron chi connectivity index (χ1n) is 14.1. The molecule has 0 amide bonds. The third-order valence-corrected chi connectivity index (χ3v) is 8.77. The van der Waals surface area contributed by atoms with Crippen LogP contribution in [0.3, 0.4) is 0 Å². The van der Waals surface area contributed by atoms with Crippen LogP contribution in [0.1, 0.15) is 61.4 Å². The highest BCUT2D eigenvalue weighted by Crippen LogP contribution is 2.41. The molecule has 6 heteroatoms. The lowest BCUT2D eigenvalue weighted by molar-refractivity contribution is 0.104. The summed E-state index contributed by atoms with van der Waals surface area (Å²) in [4.78, 5) is 17.2. The van der Waals surface area contributed by atoms with E-state index >= 15 is 0 Å². The molecule has 39 heavy (non-hydrogen) atoms. The van der Waals surface area contributed by atoms with E-state index in [2.05, 4.69) is 11.8 Å². The molecule has 1 aliphatic rings. The molecule has 5 nitrogen and oxygen atoms in total. The number of nitrogens with zero attached hydrogens (tertiary/aromatic N) is 1. The zero-order valence-electron chi connectivity index (χ0n) is 22.6. The third-order valence-electron chi connectivity index (χ3n) is 7.56. The monoisotopic (exact) mass is 543 g/mol. The minimum atomic E-state index is -0.0763. The summed E-state index contributed by atoms with van der Waals surface area (Å²) in [5, 5.41) is 20.6. The highest BCUT2D eigenvalue weighted by atomic mass is 32.1. The van der Waals surface area contributed by atoms with Gasteiger partial charge in [0.05, 0.1) is 6.61 Å². The van der Waals surface area contributed by atoms with Crippen molar-refractivity contribution >= 4 is 27.2 Å². The number of fused-ring (bicyclic) bond motifs is 1. The van der Waals surface area contributed by atoms with Gasteiger partial charge in [0, 0.05) is 38.6 Å². The Morgan fingerprint density at radius 1 is 0.974 bits per heavy atom. The zero-order valence-corrected chi connectivity index (χ0v) is 23.4. The second-order valence-electron chi connectivity index (χ2n) is 10.6. The van der Waals surface area contributed by atoms with Gasteiger partial charge in [-0.05, 0) is 105 Å². The molecule has 0 spiro atoms. The molecule has 3 aromatic carbocycles. The summed E-state index contributed by atoms with van der Waals surface area (Å²) in [5.74, 6) is 1.58. The van der Waals surface area contributed by atoms with Crippen molar-refractivity contribution in [3.8, 4) is 27.7 Å². The zero-order chi connectivity index (χ0) is 27.2. The van der Waals surface area contributed by atoms with Gasteiger partial charge in [-0.3, -0.25) is 4.79 Å². The Morgan fingerprint density at radius 3 is 2.51 bits per heavy atom. The highest BCUT2D eigenvalue weighted by Gasteiger charge is 2.23. The molecule has 1 aliphatic heterocycles. The number of unbranched alkanes of at least 4 members (excludes halogenated alkanes) is 3. The van der Waals surface area contributed by atoms with Crippen LogP contribution in [0.25, 0.3) is 20.5 Å². The van der Waals surface area contributed by atoms with Gasteiger partial charge in [-0.15, -0.1) is 11.3 Å². The summed E-state index contributed by atoms with van der Waals surface area (Å²) in [5.41, 5.74) is 2.05. The number of aromatic hydroxyl groups is 2. The molecule has 1 aromatic heterocycles. The molecular formula is C33H37NO4S. The molecule has 0 saturated carbocycles. The fraction of sp³-hybridized carbons (Fsp3) is 0.364. The lowest BCUT2D eigenvalue weighted by Gasteiger charge is -2.32. The van der Waals surface area contributed by atoms with E-state index in [1.54, 1.807) is 30.3 Å². The number of ketones is 1. The molecule has 0 bridgehead atoms. The van der Waals surface area contributed by atoms with Crippen LogP contribution < -0.4 is 4.74 Å². The first kappa shape index (κ1) is 27.2. The summed E-state index contributed by atoms with van der Waals surface area (Å²) in [6.07, 6.45) is 7.62. The molecule has 1 saturated heterocycles. The Kier molecular flexibility index (Phi) is 8.84. The fourth-order valence-corrected chi connectivity index (χ4v) is 6.68. The molecular weight excluding hydrogens is 506 g/mol. The van der Waals surface area contributed by atoms with Gasteiger partial charge in [0.2, 0.25) is 0 Å². The van der Waals surface area contributed by atoms with E-state index in [9.17, 15) is 15.0 Å². The minimum absolute atomic E-state index is 0.0763. The minimum Gasteiger partial charge on any atom is -0.508 e. The number of rotatable bonds is 11. The normalized spacial score (nSPS) is 16.0. The van der Waals surface area contributed by atoms with Crippen molar-refractivity contribution in [2.75, 3.05) is 26.2 Å². The molecule has 1 fully saturated rings. The van der Waals surface area contributed by atoms with Crippen LogP contribution in [0.15, 0.2) is 66.7 Å². The number of thiophene rings is 1. The van der Waals surface area contributed by atoms with E-state index in [-0.39, 0.29) is 17.3 Å². The lowest BCUT2D eigenvalue weighted by Crippen LogP contribution is -2.38. The van der Waals surface area contributed by atoms with Crippen LogP contribution in [0.2, 0.25) is 0 Å². The Hall–Kier alpha value is -3.35. The van der Waals surface area contributed by atoms with Gasteiger partial charge in [-0.1, -0.05) is 26.2 Å². The summed E-state index contributed by atoms with van der Waals surface area (Å²) in [7, 11) is 0. The van der Waals surface area contributed by atoms with Gasteiger partial charge in [0.25, 0.3) is 0 Å². The van der Waals surface area contributed by atoms with Crippen molar-refractivity contribution < 1.29 is 19.7 Å². The number of hydrogen-bond acceptors (Lipinski definition) is 6. The highest BCUT2D eigenvalue weighted by molar-refractivity contribution is 7.22. The first-order chi connectivity index (χ1) is 19.0. The number of phenolic OH excluding ortho intramolecular Hbond substituents is 2. The van der Waals surface area contributed by atoms with Crippen molar-refractivity contribution in [1.29, 1.82) is 0 Å². The van der Waals surface area contributed by atoms with Crippen molar-refractivity contribution in [2.45, 2.75) is 45.4 Å². The van der Waals surface area contributed by atoms with E-state index in [4.69, 9.17) is 4.74 Å². The topological polar surface area (TPSA) is 70.0 Å². The third kappa shape index (κ3) is 6.63. The van der Waals surface area contributed by atoms with Crippen LogP contribution in [0, 0.1) is 5.92 Å². The van der Waals surface area contributed by atoms with Crippen LogP contribution >= 0.6 is 11.3 Å². The van der Waals surface area contributed by atoms with Gasteiger partial charge < -0.3 is 19.8 Å². The van der Waals surface area contributed by atoms with Crippen molar-refractivity contribution in [2.24, 2.45) is 5.92 Å². The molecule has 0 aliphatic carbocycles. The second kappa shape index (κ2) is 12.7. The predicted molar refractivity (Wildman–Crippen MR) is 159 cm³/mol. The quantitative estimate of drug-likeness (QED) is 0.149. The molecule has 2 N–H and O–H groups in total. The number of ether oxygens (including phenoxy) is 1. The Balaban J connectivity index is 1.28. The van der Waals surface area contributed by atoms with Gasteiger partial charge in [0.15, 0.2) is 5.78 Å². The molecule has 4 aromatic rings. The van der Waals surface area contributed by atoms with Gasteiger partial charge in [-0.2, -0.15) is 0 Å². The molecule has 1 unspecified atom stereocenters. The number of likely N-dealkylation sites (tertiary alicyclic amines) is 1. The average Bonchev–Trinajstić information content (AvgIpc) is 3.33. The number of piperidine rings is 1. The molecule has 1 atom stereocenters. The van der Waals surface area contributed by atoms with E-state index in [1.165, 1.54) is 63.0 Å². The van der Waals surface area contributed by atoms with E-state index in [0.717, 1.165) is 32.8 Å². The van der Waals surface area contributed by atoms with Crippen LogP contribution in [-0.2, 0) is 0 Å². The van der Waals surface area contributed by atoms with Crippen LogP contribution in [0.5, 0.6) is 17.2 Å². The van der Waals surface area contributed by atoms with E-state index in [0.29, 0.717) is 23.7 Å². The van der Waals surface area contributed by atoms with Crippen molar-refractivity contribution in [1.82, 2.24) is 4.90 Å².